The van der Waals surface area contributed by atoms with E-state index >= 15 is 0 Å². The van der Waals surface area contributed by atoms with Crippen molar-refractivity contribution < 1.29 is 18.7 Å². The smallest absolute Gasteiger partial charge is 0.305 e. The van der Waals surface area contributed by atoms with E-state index in [1.807, 2.05) is 12.2 Å². The monoisotopic (exact) mass is 266 g/mol. The summed E-state index contributed by atoms with van der Waals surface area (Å²) in [5.41, 5.74) is 0.932. The molecule has 3 nitrogen and oxygen atoms in total. The molecule has 0 saturated heterocycles. The van der Waals surface area contributed by atoms with Crippen molar-refractivity contribution in [3.05, 3.63) is 47.8 Å². The van der Waals surface area contributed by atoms with E-state index in [2.05, 4.69) is 4.74 Å². The molecule has 0 bridgehead atoms. The highest BCUT2D eigenvalue weighted by Crippen LogP contribution is 2.21. The lowest BCUT2D eigenvalue weighted by atomic mass is 10.1. The third-order valence-electron chi connectivity index (χ3n) is 2.79. The molecule has 0 spiro atoms. The zero-order valence-corrected chi connectivity index (χ0v) is 11.3. The van der Waals surface area contributed by atoms with Crippen LogP contribution in [0, 0.1) is 5.82 Å². The lowest BCUT2D eigenvalue weighted by molar-refractivity contribution is -0.140. The Morgan fingerprint density at radius 3 is 2.53 bits per heavy atom. The first-order valence-corrected chi connectivity index (χ1v) is 6.17. The van der Waals surface area contributed by atoms with Crippen molar-refractivity contribution in [1.29, 1.82) is 0 Å². The summed E-state index contributed by atoms with van der Waals surface area (Å²) in [6.45, 7) is 0. The van der Waals surface area contributed by atoms with Crippen molar-refractivity contribution in [3.8, 4) is 0 Å². The minimum Gasteiger partial charge on any atom is -0.469 e. The van der Waals surface area contributed by atoms with E-state index in [0.717, 1.165) is 5.56 Å². The predicted octanol–water partition coefficient (Wildman–Crippen LogP) is 3.41. The molecule has 0 radical (unpaired) electrons. The largest absolute Gasteiger partial charge is 0.469 e. The van der Waals surface area contributed by atoms with Gasteiger partial charge in [-0.15, -0.1) is 0 Å². The van der Waals surface area contributed by atoms with Gasteiger partial charge in [0.2, 0.25) is 0 Å². The van der Waals surface area contributed by atoms with Gasteiger partial charge in [0.25, 0.3) is 0 Å². The number of carbonyl (C=O) groups excluding carboxylic acids is 1. The molecule has 0 aliphatic heterocycles. The van der Waals surface area contributed by atoms with Crippen molar-refractivity contribution in [3.63, 3.8) is 0 Å². The molecule has 1 aromatic rings. The Morgan fingerprint density at radius 2 is 1.95 bits per heavy atom. The van der Waals surface area contributed by atoms with Crippen LogP contribution in [0.3, 0.4) is 0 Å². The Balaban J connectivity index is 2.42. The highest BCUT2D eigenvalue weighted by molar-refractivity contribution is 5.69. The first-order chi connectivity index (χ1) is 9.17. The Bertz CT molecular complexity index is 412. The average molecular weight is 266 g/mol. The van der Waals surface area contributed by atoms with E-state index in [0.29, 0.717) is 19.3 Å². The van der Waals surface area contributed by atoms with Crippen molar-refractivity contribution in [2.24, 2.45) is 0 Å². The lowest BCUT2D eigenvalue weighted by Gasteiger charge is -2.13. The van der Waals surface area contributed by atoms with Crippen molar-refractivity contribution in [2.45, 2.75) is 25.4 Å². The summed E-state index contributed by atoms with van der Waals surface area (Å²) in [5, 5.41) is 0. The fourth-order valence-electron chi connectivity index (χ4n) is 1.69. The van der Waals surface area contributed by atoms with Crippen molar-refractivity contribution in [2.75, 3.05) is 14.2 Å². The molecular weight excluding hydrogens is 247 g/mol. The van der Waals surface area contributed by atoms with E-state index in [4.69, 9.17) is 4.74 Å². The summed E-state index contributed by atoms with van der Waals surface area (Å²) >= 11 is 0. The van der Waals surface area contributed by atoms with Crippen LogP contribution in [0.5, 0.6) is 0 Å². The van der Waals surface area contributed by atoms with Crippen LogP contribution in [0.25, 0.3) is 0 Å². The van der Waals surface area contributed by atoms with Gasteiger partial charge in [-0.25, -0.2) is 4.39 Å². The molecule has 104 valence electrons. The van der Waals surface area contributed by atoms with Crippen molar-refractivity contribution in [1.82, 2.24) is 0 Å². The first-order valence-electron chi connectivity index (χ1n) is 6.17. The molecule has 0 amide bonds. The Kier molecular flexibility index (Phi) is 6.82. The number of methoxy groups -OCH3 is 2. The topological polar surface area (TPSA) is 35.5 Å². The lowest BCUT2D eigenvalue weighted by Crippen LogP contribution is -2.00. The fraction of sp³-hybridized carbons (Fsp3) is 0.400. The number of carbonyl (C=O) groups is 1. The summed E-state index contributed by atoms with van der Waals surface area (Å²) in [7, 11) is 3.00. The first kappa shape index (κ1) is 15.4. The maximum absolute atomic E-state index is 12.8. The third-order valence-corrected chi connectivity index (χ3v) is 2.79. The Morgan fingerprint density at radius 1 is 1.26 bits per heavy atom. The molecule has 4 heteroatoms. The van der Waals surface area contributed by atoms with E-state index < -0.39 is 0 Å². The molecule has 0 saturated carbocycles. The number of hydrogen-bond acceptors (Lipinski definition) is 3. The number of esters is 1. The van der Waals surface area contributed by atoms with Gasteiger partial charge in [0.05, 0.1) is 13.2 Å². The van der Waals surface area contributed by atoms with E-state index in [1.165, 1.54) is 19.2 Å². The summed E-state index contributed by atoms with van der Waals surface area (Å²) in [6, 6.07) is 6.27. The molecule has 0 aliphatic rings. The zero-order valence-electron chi connectivity index (χ0n) is 11.3. The number of ether oxygens (including phenoxy) is 2. The summed E-state index contributed by atoms with van der Waals surface area (Å²) in [4.78, 5) is 10.9. The van der Waals surface area contributed by atoms with Gasteiger partial charge in [-0.1, -0.05) is 24.3 Å². The van der Waals surface area contributed by atoms with E-state index in [-0.39, 0.29) is 17.9 Å². The third kappa shape index (κ3) is 5.66. The van der Waals surface area contributed by atoms with E-state index in [1.54, 1.807) is 19.2 Å². The van der Waals surface area contributed by atoms with Crippen LogP contribution < -0.4 is 0 Å². The maximum Gasteiger partial charge on any atom is 0.305 e. The van der Waals surface area contributed by atoms with E-state index in [9.17, 15) is 9.18 Å². The number of rotatable bonds is 7. The molecular formula is C15H19FO3. The second-order valence-electron chi connectivity index (χ2n) is 4.10. The average Bonchev–Trinajstić information content (AvgIpc) is 2.43. The highest BCUT2D eigenvalue weighted by atomic mass is 19.1. The van der Waals surface area contributed by atoms with Crippen LogP contribution in [0.4, 0.5) is 4.39 Å². The zero-order chi connectivity index (χ0) is 14.1. The molecule has 1 atom stereocenters. The van der Waals surface area contributed by atoms with Gasteiger partial charge in [-0.3, -0.25) is 4.79 Å². The summed E-state index contributed by atoms with van der Waals surface area (Å²) in [5.74, 6) is -0.473. The Labute approximate surface area is 113 Å². The SMILES string of the molecule is COC(=O)CCC=CC[C@H](OC)c1ccc(F)cc1. The number of halogens is 1. The van der Waals surface area contributed by atoms with Gasteiger partial charge < -0.3 is 9.47 Å². The van der Waals surface area contributed by atoms with Crippen LogP contribution in [0.15, 0.2) is 36.4 Å². The second-order valence-corrected chi connectivity index (χ2v) is 4.10. The predicted molar refractivity (Wildman–Crippen MR) is 71.2 cm³/mol. The molecule has 0 aromatic heterocycles. The molecule has 0 unspecified atom stereocenters. The minimum atomic E-state index is -0.257. The molecule has 1 aromatic carbocycles. The second kappa shape index (κ2) is 8.43. The van der Waals surface area contributed by atoms with Crippen molar-refractivity contribution >= 4 is 5.97 Å². The van der Waals surface area contributed by atoms with Gasteiger partial charge in [0.1, 0.15) is 5.82 Å². The van der Waals surface area contributed by atoms with Gasteiger partial charge in [-0.2, -0.15) is 0 Å². The van der Waals surface area contributed by atoms with Crippen LogP contribution in [-0.2, 0) is 14.3 Å². The van der Waals surface area contributed by atoms with Gasteiger partial charge in [0.15, 0.2) is 0 Å². The normalized spacial score (nSPS) is 12.6. The quantitative estimate of drug-likeness (QED) is 0.560. The molecule has 19 heavy (non-hydrogen) atoms. The van der Waals surface area contributed by atoms with Gasteiger partial charge in [-0.05, 0) is 30.5 Å². The molecule has 0 N–H and O–H groups in total. The standard InChI is InChI=1S/C15H19FO3/c1-18-14(12-8-10-13(16)11-9-12)6-4-3-5-7-15(17)19-2/h3-4,8-11,14H,5-7H2,1-2H3/t14-/m0/s1. The number of allylic oxidation sites excluding steroid dienone is 1. The van der Waals surface area contributed by atoms with Crippen LogP contribution in [0.1, 0.15) is 30.9 Å². The van der Waals surface area contributed by atoms with Crippen LogP contribution >= 0.6 is 0 Å². The molecule has 0 aliphatic carbocycles. The fourth-order valence-corrected chi connectivity index (χ4v) is 1.69. The molecule has 0 heterocycles. The number of benzene rings is 1. The van der Waals surface area contributed by atoms with Gasteiger partial charge >= 0.3 is 5.97 Å². The van der Waals surface area contributed by atoms with Crippen LogP contribution in [-0.4, -0.2) is 20.2 Å². The summed E-state index contributed by atoms with van der Waals surface area (Å²) < 4.78 is 22.7. The molecule has 0 fully saturated rings. The highest BCUT2D eigenvalue weighted by Gasteiger charge is 2.08. The Hall–Kier alpha value is -1.68. The minimum absolute atomic E-state index is 0.102. The maximum atomic E-state index is 12.8. The van der Waals surface area contributed by atoms with Crippen LogP contribution in [0.2, 0.25) is 0 Å². The molecule has 1 rings (SSSR count). The number of hydrogen-bond donors (Lipinski definition) is 0. The summed E-state index contributed by atoms with van der Waals surface area (Å²) in [6.07, 6.45) is 5.49. The van der Waals surface area contributed by atoms with Gasteiger partial charge in [0, 0.05) is 13.5 Å².